The molecule has 0 radical (unpaired) electrons. The molecule has 2 rings (SSSR count). The minimum atomic E-state index is 0.0673. The summed E-state index contributed by atoms with van der Waals surface area (Å²) in [7, 11) is 0. The molecule has 2 nitrogen and oxygen atoms in total. The molecule has 0 aliphatic carbocycles. The van der Waals surface area contributed by atoms with Crippen molar-refractivity contribution in [3.05, 3.63) is 51.4 Å². The smallest absolute Gasteiger partial charge is 0.167 e. The van der Waals surface area contributed by atoms with Crippen LogP contribution in [-0.4, -0.2) is 10.8 Å². The highest BCUT2D eigenvalue weighted by Crippen LogP contribution is 2.12. The first-order chi connectivity index (χ1) is 7.25. The summed E-state index contributed by atoms with van der Waals surface area (Å²) >= 11 is 7.30. The maximum Gasteiger partial charge on any atom is 0.167 e. The maximum atomic E-state index is 11.8. The molecule has 0 spiro atoms. The van der Waals surface area contributed by atoms with E-state index < -0.39 is 0 Å². The molecule has 0 saturated heterocycles. The van der Waals surface area contributed by atoms with Gasteiger partial charge in [-0.05, 0) is 34.5 Å². The van der Waals surface area contributed by atoms with Gasteiger partial charge in [-0.15, -0.1) is 0 Å². The number of thiophene rings is 1. The fourth-order valence-corrected chi connectivity index (χ4v) is 2.10. The minimum Gasteiger partial charge on any atom is -0.294 e. The number of carbonyl (C=O) groups excluding carboxylic acids is 1. The SMILES string of the molecule is O=C(Cc1ccsc1)c1ccnc(Cl)c1. The highest BCUT2D eigenvalue weighted by molar-refractivity contribution is 7.08. The van der Waals surface area contributed by atoms with Gasteiger partial charge in [-0.2, -0.15) is 11.3 Å². The number of halogens is 1. The predicted molar refractivity (Wildman–Crippen MR) is 61.6 cm³/mol. The van der Waals surface area contributed by atoms with E-state index in [1.807, 2.05) is 16.8 Å². The van der Waals surface area contributed by atoms with E-state index in [0.717, 1.165) is 5.56 Å². The Bertz CT molecular complexity index is 467. The molecule has 15 heavy (non-hydrogen) atoms. The summed E-state index contributed by atoms with van der Waals surface area (Å²) in [5.74, 6) is 0.0673. The Labute approximate surface area is 96.5 Å². The fraction of sp³-hybridized carbons (Fsp3) is 0.0909. The molecule has 4 heteroatoms. The van der Waals surface area contributed by atoms with Gasteiger partial charge in [0.05, 0.1) is 0 Å². The van der Waals surface area contributed by atoms with Crippen LogP contribution in [0.3, 0.4) is 0 Å². The summed E-state index contributed by atoms with van der Waals surface area (Å²) in [5.41, 5.74) is 1.65. The molecule has 0 aliphatic heterocycles. The third kappa shape index (κ3) is 2.64. The van der Waals surface area contributed by atoms with E-state index in [9.17, 15) is 4.79 Å². The summed E-state index contributed by atoms with van der Waals surface area (Å²) in [6.07, 6.45) is 1.97. The van der Waals surface area contributed by atoms with Crippen LogP contribution in [0.25, 0.3) is 0 Å². The van der Waals surface area contributed by atoms with Crippen LogP contribution in [0.1, 0.15) is 15.9 Å². The second kappa shape index (κ2) is 4.55. The molecular formula is C11H8ClNOS. The van der Waals surface area contributed by atoms with Gasteiger partial charge in [0.15, 0.2) is 5.78 Å². The summed E-state index contributed by atoms with van der Waals surface area (Å²) in [5, 5.41) is 4.29. The summed E-state index contributed by atoms with van der Waals surface area (Å²) in [6, 6.07) is 5.22. The number of carbonyl (C=O) groups is 1. The van der Waals surface area contributed by atoms with Crippen LogP contribution in [0, 0.1) is 0 Å². The molecular weight excluding hydrogens is 230 g/mol. The Hall–Kier alpha value is -1.19. The van der Waals surface area contributed by atoms with Gasteiger partial charge in [0.2, 0.25) is 0 Å². The number of Topliss-reactive ketones (excluding diaryl/α,β-unsaturated/α-hetero) is 1. The lowest BCUT2D eigenvalue weighted by molar-refractivity contribution is 0.0993. The molecule has 2 heterocycles. The van der Waals surface area contributed by atoms with Crippen molar-refractivity contribution in [2.45, 2.75) is 6.42 Å². The van der Waals surface area contributed by atoms with E-state index in [-0.39, 0.29) is 5.78 Å². The fourth-order valence-electron chi connectivity index (χ4n) is 1.26. The van der Waals surface area contributed by atoms with Crippen molar-refractivity contribution in [2.24, 2.45) is 0 Å². The number of hydrogen-bond donors (Lipinski definition) is 0. The van der Waals surface area contributed by atoms with Gasteiger partial charge < -0.3 is 0 Å². The first-order valence-electron chi connectivity index (χ1n) is 4.41. The largest absolute Gasteiger partial charge is 0.294 e. The van der Waals surface area contributed by atoms with Crippen molar-refractivity contribution in [1.29, 1.82) is 0 Å². The van der Waals surface area contributed by atoms with E-state index in [1.54, 1.807) is 29.7 Å². The maximum absolute atomic E-state index is 11.8. The Morgan fingerprint density at radius 2 is 2.33 bits per heavy atom. The normalized spacial score (nSPS) is 10.2. The van der Waals surface area contributed by atoms with Crippen LogP contribution in [0.5, 0.6) is 0 Å². The van der Waals surface area contributed by atoms with E-state index in [0.29, 0.717) is 17.1 Å². The van der Waals surface area contributed by atoms with Gasteiger partial charge in [-0.25, -0.2) is 4.98 Å². The second-order valence-electron chi connectivity index (χ2n) is 3.10. The van der Waals surface area contributed by atoms with Crippen molar-refractivity contribution < 1.29 is 4.79 Å². The molecule has 0 N–H and O–H groups in total. The van der Waals surface area contributed by atoms with Crippen molar-refractivity contribution in [3.8, 4) is 0 Å². The molecule has 2 aromatic rings. The molecule has 76 valence electrons. The van der Waals surface area contributed by atoms with Gasteiger partial charge in [-0.3, -0.25) is 4.79 Å². The van der Waals surface area contributed by atoms with Gasteiger partial charge in [0.1, 0.15) is 5.15 Å². The Morgan fingerprint density at radius 3 is 3.00 bits per heavy atom. The Kier molecular flexibility index (Phi) is 3.14. The monoisotopic (exact) mass is 237 g/mol. The van der Waals surface area contributed by atoms with Crippen LogP contribution in [-0.2, 0) is 6.42 Å². The van der Waals surface area contributed by atoms with Crippen LogP contribution in [0.4, 0.5) is 0 Å². The lowest BCUT2D eigenvalue weighted by atomic mass is 10.1. The third-order valence-electron chi connectivity index (χ3n) is 1.99. The van der Waals surface area contributed by atoms with Crippen LogP contribution in [0.2, 0.25) is 5.15 Å². The van der Waals surface area contributed by atoms with Gasteiger partial charge in [0.25, 0.3) is 0 Å². The van der Waals surface area contributed by atoms with Crippen molar-refractivity contribution in [1.82, 2.24) is 4.98 Å². The molecule has 0 atom stereocenters. The highest BCUT2D eigenvalue weighted by Gasteiger charge is 2.07. The summed E-state index contributed by atoms with van der Waals surface area (Å²) in [4.78, 5) is 15.6. The lowest BCUT2D eigenvalue weighted by Gasteiger charge is -1.99. The molecule has 0 fully saturated rings. The standard InChI is InChI=1S/C11H8ClNOS/c12-11-6-9(1-3-13-11)10(14)5-8-2-4-15-7-8/h1-4,6-7H,5H2. The predicted octanol–water partition coefficient (Wildman–Crippen LogP) is 3.22. The number of ketones is 1. The molecule has 2 aromatic heterocycles. The van der Waals surface area contributed by atoms with Crippen molar-refractivity contribution in [2.75, 3.05) is 0 Å². The molecule has 0 bridgehead atoms. The van der Waals surface area contributed by atoms with E-state index >= 15 is 0 Å². The molecule has 0 aromatic carbocycles. The quantitative estimate of drug-likeness (QED) is 0.606. The van der Waals surface area contributed by atoms with Gasteiger partial charge >= 0.3 is 0 Å². The van der Waals surface area contributed by atoms with Crippen LogP contribution >= 0.6 is 22.9 Å². The molecule has 0 saturated carbocycles. The zero-order valence-electron chi connectivity index (χ0n) is 7.81. The number of aromatic nitrogens is 1. The Morgan fingerprint density at radius 1 is 1.47 bits per heavy atom. The van der Waals surface area contributed by atoms with Gasteiger partial charge in [-0.1, -0.05) is 11.6 Å². The van der Waals surface area contributed by atoms with Crippen molar-refractivity contribution >= 4 is 28.7 Å². The summed E-state index contributed by atoms with van der Waals surface area (Å²) in [6.45, 7) is 0. The van der Waals surface area contributed by atoms with E-state index in [4.69, 9.17) is 11.6 Å². The average molecular weight is 238 g/mol. The lowest BCUT2D eigenvalue weighted by Crippen LogP contribution is -2.02. The minimum absolute atomic E-state index is 0.0673. The van der Waals surface area contributed by atoms with Crippen molar-refractivity contribution in [3.63, 3.8) is 0 Å². The molecule has 0 amide bonds. The number of nitrogens with zero attached hydrogens (tertiary/aromatic N) is 1. The first-order valence-corrected chi connectivity index (χ1v) is 5.73. The second-order valence-corrected chi connectivity index (χ2v) is 4.27. The van der Waals surface area contributed by atoms with E-state index in [1.165, 1.54) is 0 Å². The molecule has 0 aliphatic rings. The number of rotatable bonds is 3. The van der Waals surface area contributed by atoms with Crippen LogP contribution in [0.15, 0.2) is 35.2 Å². The third-order valence-corrected chi connectivity index (χ3v) is 2.93. The first kappa shape index (κ1) is 10.3. The molecule has 0 unspecified atom stereocenters. The highest BCUT2D eigenvalue weighted by atomic mass is 35.5. The topological polar surface area (TPSA) is 30.0 Å². The van der Waals surface area contributed by atoms with Crippen LogP contribution < -0.4 is 0 Å². The van der Waals surface area contributed by atoms with Gasteiger partial charge in [0, 0.05) is 18.2 Å². The van der Waals surface area contributed by atoms with E-state index in [2.05, 4.69) is 4.98 Å². The number of pyridine rings is 1. The number of hydrogen-bond acceptors (Lipinski definition) is 3. The Balaban J connectivity index is 2.15. The summed E-state index contributed by atoms with van der Waals surface area (Å²) < 4.78 is 0. The zero-order chi connectivity index (χ0) is 10.7. The zero-order valence-corrected chi connectivity index (χ0v) is 9.39. The average Bonchev–Trinajstić information content (AvgIpc) is 2.70.